The van der Waals surface area contributed by atoms with Gasteiger partial charge in [0, 0.05) is 12.1 Å². The van der Waals surface area contributed by atoms with Gasteiger partial charge in [0.25, 0.3) is 0 Å². The first kappa shape index (κ1) is 34.3. The molecule has 8 heteroatoms. The topological polar surface area (TPSA) is 152 Å². The molecule has 0 aliphatic heterocycles. The summed E-state index contributed by atoms with van der Waals surface area (Å²) in [5.74, 6) is 0. The molecule has 0 amide bonds. The molecule has 226 valence electrons. The number of hydrogen-bond donors (Lipinski definition) is 8. The second-order valence-corrected chi connectivity index (χ2v) is 10.8. The van der Waals surface area contributed by atoms with Gasteiger partial charge in [0.05, 0.1) is 0 Å². The Morgan fingerprint density at radius 1 is 0.500 bits per heavy atom. The van der Waals surface area contributed by atoms with Crippen LogP contribution in [0.15, 0.2) is 48.5 Å². The van der Waals surface area contributed by atoms with Crippen molar-refractivity contribution in [3.8, 4) is 11.1 Å². The van der Waals surface area contributed by atoms with Gasteiger partial charge in [0.15, 0.2) is 0 Å². The molecule has 0 aliphatic rings. The van der Waals surface area contributed by atoms with E-state index in [1.165, 1.54) is 22.3 Å². The van der Waals surface area contributed by atoms with Gasteiger partial charge in [0.2, 0.25) is 0 Å². The highest BCUT2D eigenvalue weighted by molar-refractivity contribution is 5.65. The predicted molar refractivity (Wildman–Crippen MR) is 173 cm³/mol. The van der Waals surface area contributed by atoms with E-state index in [1.54, 1.807) is 0 Å². The van der Waals surface area contributed by atoms with Crippen molar-refractivity contribution in [3.05, 3.63) is 59.7 Å². The molecule has 2 rings (SSSR count). The molecule has 2 aromatic rings. The van der Waals surface area contributed by atoms with E-state index < -0.39 is 0 Å². The van der Waals surface area contributed by atoms with Gasteiger partial charge in [-0.15, -0.1) is 0 Å². The molecule has 0 aromatic heterocycles. The molecule has 0 bridgehead atoms. The number of rotatable bonds is 25. The van der Waals surface area contributed by atoms with E-state index in [0.717, 1.165) is 104 Å². The van der Waals surface area contributed by atoms with Crippen LogP contribution in [-0.4, -0.2) is 77.5 Å². The fourth-order valence-electron chi connectivity index (χ4n) is 5.06. The fourth-order valence-corrected chi connectivity index (χ4v) is 5.06. The first-order valence-electron chi connectivity index (χ1n) is 15.6. The molecule has 0 radical (unpaired) electrons. The largest absolute Gasteiger partial charge is 0.330 e. The predicted octanol–water partition coefficient (Wildman–Crippen LogP) is 1.71. The Bertz CT molecular complexity index is 815. The van der Waals surface area contributed by atoms with Crippen LogP contribution >= 0.6 is 0 Å². The second-order valence-electron chi connectivity index (χ2n) is 10.8. The highest BCUT2D eigenvalue weighted by Gasteiger charge is 2.14. The van der Waals surface area contributed by atoms with E-state index in [2.05, 4.69) is 69.8 Å². The SMILES string of the molecule is NCCCNCCCNC(CCN)Cc1cc(CC(CCN)NCCCNCCCN)cc(-c2ccccc2)c1. The molecule has 40 heavy (non-hydrogen) atoms. The van der Waals surface area contributed by atoms with E-state index >= 15 is 0 Å². The summed E-state index contributed by atoms with van der Waals surface area (Å²) in [6.07, 6.45) is 8.09. The van der Waals surface area contributed by atoms with Crippen molar-refractivity contribution in [1.82, 2.24) is 21.3 Å². The number of benzene rings is 2. The summed E-state index contributed by atoms with van der Waals surface area (Å²) in [5.41, 5.74) is 28.4. The third-order valence-corrected chi connectivity index (χ3v) is 7.20. The lowest BCUT2D eigenvalue weighted by atomic mass is 9.92. The normalized spacial score (nSPS) is 13.0. The molecular weight excluding hydrogens is 496 g/mol. The maximum Gasteiger partial charge on any atom is 0.0119 e. The second kappa shape index (κ2) is 22.8. The Hall–Kier alpha value is -1.88. The third kappa shape index (κ3) is 15.2. The maximum absolute atomic E-state index is 6.02. The van der Waals surface area contributed by atoms with E-state index in [-0.39, 0.29) is 0 Å². The molecule has 0 fully saturated rings. The van der Waals surface area contributed by atoms with Crippen molar-refractivity contribution in [1.29, 1.82) is 0 Å². The van der Waals surface area contributed by atoms with E-state index in [4.69, 9.17) is 22.9 Å². The quantitative estimate of drug-likeness (QED) is 0.0864. The third-order valence-electron chi connectivity index (χ3n) is 7.20. The van der Waals surface area contributed by atoms with Crippen LogP contribution in [0.25, 0.3) is 11.1 Å². The van der Waals surface area contributed by atoms with Crippen molar-refractivity contribution in [2.24, 2.45) is 22.9 Å². The first-order valence-corrected chi connectivity index (χ1v) is 15.6. The zero-order valence-corrected chi connectivity index (χ0v) is 24.8. The van der Waals surface area contributed by atoms with Crippen LogP contribution in [0.3, 0.4) is 0 Å². The average molecular weight is 555 g/mol. The molecule has 8 nitrogen and oxygen atoms in total. The molecule has 0 saturated heterocycles. The Labute approximate surface area is 243 Å². The summed E-state index contributed by atoms with van der Waals surface area (Å²) >= 11 is 0. The minimum absolute atomic E-state index is 0.359. The summed E-state index contributed by atoms with van der Waals surface area (Å²) in [4.78, 5) is 0. The Morgan fingerprint density at radius 2 is 0.975 bits per heavy atom. The van der Waals surface area contributed by atoms with Gasteiger partial charge in [-0.25, -0.2) is 0 Å². The summed E-state index contributed by atoms with van der Waals surface area (Å²) in [7, 11) is 0. The van der Waals surface area contributed by atoms with Crippen LogP contribution in [0.4, 0.5) is 0 Å². The molecule has 12 N–H and O–H groups in total. The van der Waals surface area contributed by atoms with Gasteiger partial charge in [-0.05, 0) is 139 Å². The lowest BCUT2D eigenvalue weighted by Gasteiger charge is -2.22. The lowest BCUT2D eigenvalue weighted by molar-refractivity contribution is 0.467. The Morgan fingerprint density at radius 3 is 1.43 bits per heavy atom. The Kier molecular flexibility index (Phi) is 19.5. The molecule has 0 saturated carbocycles. The highest BCUT2D eigenvalue weighted by atomic mass is 14.9. The molecule has 2 unspecified atom stereocenters. The molecule has 0 spiro atoms. The van der Waals surface area contributed by atoms with E-state index in [0.29, 0.717) is 25.2 Å². The molecule has 2 aromatic carbocycles. The Balaban J connectivity index is 2.05. The van der Waals surface area contributed by atoms with Crippen LogP contribution in [0.5, 0.6) is 0 Å². The van der Waals surface area contributed by atoms with Crippen LogP contribution in [0.2, 0.25) is 0 Å². The van der Waals surface area contributed by atoms with Crippen LogP contribution < -0.4 is 44.2 Å². The van der Waals surface area contributed by atoms with E-state index in [1.807, 2.05) is 0 Å². The first-order chi connectivity index (χ1) is 19.7. The van der Waals surface area contributed by atoms with Crippen molar-refractivity contribution in [3.63, 3.8) is 0 Å². The smallest absolute Gasteiger partial charge is 0.0119 e. The minimum Gasteiger partial charge on any atom is -0.330 e. The zero-order chi connectivity index (χ0) is 28.7. The zero-order valence-electron chi connectivity index (χ0n) is 24.8. The summed E-state index contributed by atoms with van der Waals surface area (Å²) < 4.78 is 0. The standard InChI is InChI=1S/C32H58N8/c33-12-4-16-37-18-6-20-39-31(10-14-35)25-27-22-28(24-30(23-27)29-8-2-1-3-9-29)26-32(11-15-36)40-21-7-19-38-17-5-13-34/h1-3,8-9,22-24,31-32,37-40H,4-7,10-21,25-26,33-36H2. The van der Waals surface area contributed by atoms with Gasteiger partial charge >= 0.3 is 0 Å². The van der Waals surface area contributed by atoms with Crippen LogP contribution in [-0.2, 0) is 12.8 Å². The number of hydrogen-bond acceptors (Lipinski definition) is 8. The molecule has 0 heterocycles. The van der Waals surface area contributed by atoms with Crippen molar-refractivity contribution >= 4 is 0 Å². The molecule has 0 aliphatic carbocycles. The monoisotopic (exact) mass is 554 g/mol. The fraction of sp³-hybridized carbons (Fsp3) is 0.625. The highest BCUT2D eigenvalue weighted by Crippen LogP contribution is 2.24. The molecule has 2 atom stereocenters. The summed E-state index contributed by atoms with van der Waals surface area (Å²) in [6, 6.07) is 18.5. The minimum atomic E-state index is 0.359. The van der Waals surface area contributed by atoms with Crippen molar-refractivity contribution in [2.75, 3.05) is 65.4 Å². The van der Waals surface area contributed by atoms with Gasteiger partial charge in [-0.2, -0.15) is 0 Å². The summed E-state index contributed by atoms with van der Waals surface area (Å²) in [5, 5.41) is 14.5. The van der Waals surface area contributed by atoms with Crippen molar-refractivity contribution in [2.45, 2.75) is 63.5 Å². The summed E-state index contributed by atoms with van der Waals surface area (Å²) in [6.45, 7) is 8.80. The lowest BCUT2D eigenvalue weighted by Crippen LogP contribution is -2.36. The van der Waals surface area contributed by atoms with Crippen LogP contribution in [0.1, 0.15) is 49.7 Å². The molecular formula is C32H58N8. The van der Waals surface area contributed by atoms with Gasteiger partial charge < -0.3 is 44.2 Å². The maximum atomic E-state index is 6.02. The van der Waals surface area contributed by atoms with Gasteiger partial charge in [-0.1, -0.05) is 48.5 Å². The number of nitrogens with two attached hydrogens (primary N) is 4. The average Bonchev–Trinajstić information content (AvgIpc) is 2.96. The van der Waals surface area contributed by atoms with E-state index in [9.17, 15) is 0 Å². The van der Waals surface area contributed by atoms with Crippen LogP contribution in [0, 0.1) is 0 Å². The van der Waals surface area contributed by atoms with Crippen molar-refractivity contribution < 1.29 is 0 Å². The number of nitrogens with one attached hydrogen (secondary N) is 4. The van der Waals surface area contributed by atoms with Gasteiger partial charge in [-0.3, -0.25) is 0 Å². The van der Waals surface area contributed by atoms with Gasteiger partial charge in [0.1, 0.15) is 0 Å².